The number of likely N-dealkylation sites (tertiary alicyclic amines) is 1. The van der Waals surface area contributed by atoms with Crippen LogP contribution in [0.15, 0.2) is 23.8 Å². The van der Waals surface area contributed by atoms with Crippen LogP contribution < -0.4 is 9.47 Å². The summed E-state index contributed by atoms with van der Waals surface area (Å²) in [6.45, 7) is 0. The van der Waals surface area contributed by atoms with Gasteiger partial charge in [0.1, 0.15) is 17.2 Å². The molecular formula is C23H21BrCl2N2O8. The standard InChI is InChI=1S/C23H21BrCl2N2O8/c1-35-9-5-13(29)16(14(6-9)36-2)17-10-3-4-11-15(19(31)28(34)18(11)30)12(10)7-22(25)20(32)27(8-24)21(33)23(17,22)26/h3,5-6,11-12,15,17,29,34H,4,7-8H2,1-2H3. The molecule has 3 fully saturated rings. The fourth-order valence-electron chi connectivity index (χ4n) is 6.22. The number of fused-ring (bicyclic) bond motifs is 4. The van der Waals surface area contributed by atoms with E-state index in [1.54, 1.807) is 6.08 Å². The number of methoxy groups -OCH3 is 2. The summed E-state index contributed by atoms with van der Waals surface area (Å²) >= 11 is 17.3. The van der Waals surface area contributed by atoms with Crippen molar-refractivity contribution < 1.29 is 39.0 Å². The maximum Gasteiger partial charge on any atom is 0.257 e. The van der Waals surface area contributed by atoms with E-state index in [9.17, 15) is 29.5 Å². The number of hydrogen-bond donors (Lipinski definition) is 2. The summed E-state index contributed by atoms with van der Waals surface area (Å²) < 4.78 is 10.7. The molecule has 1 aromatic carbocycles. The second-order valence-electron chi connectivity index (χ2n) is 9.24. The molecule has 5 rings (SSSR count). The van der Waals surface area contributed by atoms with E-state index in [2.05, 4.69) is 15.9 Å². The molecule has 192 valence electrons. The molecule has 0 aromatic heterocycles. The summed E-state index contributed by atoms with van der Waals surface area (Å²) in [7, 11) is 2.75. The molecule has 4 aliphatic rings. The van der Waals surface area contributed by atoms with E-state index in [1.165, 1.54) is 26.4 Å². The molecule has 6 unspecified atom stereocenters. The number of halogens is 3. The summed E-state index contributed by atoms with van der Waals surface area (Å²) in [6.07, 6.45) is 1.53. The number of amides is 4. The molecule has 0 bridgehead atoms. The summed E-state index contributed by atoms with van der Waals surface area (Å²) in [5.41, 5.74) is 0.363. The zero-order valence-electron chi connectivity index (χ0n) is 19.0. The van der Waals surface area contributed by atoms with Crippen molar-refractivity contribution in [1.82, 2.24) is 9.96 Å². The zero-order chi connectivity index (χ0) is 26.3. The number of ether oxygens (including phenoxy) is 2. The Kier molecular flexibility index (Phi) is 5.86. The van der Waals surface area contributed by atoms with Gasteiger partial charge in [0, 0.05) is 23.6 Å². The number of carbonyl (C=O) groups excluding carboxylic acids is 4. The van der Waals surface area contributed by atoms with Crippen LogP contribution in [0.2, 0.25) is 0 Å². The number of imide groups is 2. The number of benzene rings is 1. The molecule has 2 heterocycles. The SMILES string of the molecule is COc1cc(O)c(C2C3=CCC4C(=O)N(O)C(=O)C4C3CC3(Cl)C(=O)N(CBr)C(=O)C23Cl)c(OC)c1. The smallest absolute Gasteiger partial charge is 0.257 e. The maximum absolute atomic E-state index is 13.7. The van der Waals surface area contributed by atoms with Gasteiger partial charge in [0.15, 0.2) is 9.75 Å². The first-order valence-corrected chi connectivity index (χ1v) is 12.9. The highest BCUT2D eigenvalue weighted by Gasteiger charge is 2.76. The molecule has 4 amide bonds. The summed E-state index contributed by atoms with van der Waals surface area (Å²) in [5.74, 6) is -6.96. The first-order chi connectivity index (χ1) is 17.0. The van der Waals surface area contributed by atoms with E-state index in [-0.39, 0.29) is 46.2 Å². The van der Waals surface area contributed by atoms with Crippen LogP contribution in [0.3, 0.4) is 0 Å². The van der Waals surface area contributed by atoms with Crippen LogP contribution in [-0.4, -0.2) is 73.3 Å². The van der Waals surface area contributed by atoms with Gasteiger partial charge >= 0.3 is 0 Å². The van der Waals surface area contributed by atoms with Crippen molar-refractivity contribution in [3.8, 4) is 17.2 Å². The van der Waals surface area contributed by atoms with Crippen molar-refractivity contribution >= 4 is 62.8 Å². The first-order valence-electron chi connectivity index (χ1n) is 11.0. The van der Waals surface area contributed by atoms with E-state index in [1.807, 2.05) is 0 Å². The Morgan fingerprint density at radius 1 is 1.08 bits per heavy atom. The molecule has 2 N–H and O–H groups in total. The highest BCUT2D eigenvalue weighted by molar-refractivity contribution is 9.09. The van der Waals surface area contributed by atoms with Gasteiger partial charge in [-0.15, -0.1) is 23.2 Å². The van der Waals surface area contributed by atoms with Crippen molar-refractivity contribution in [2.75, 3.05) is 19.7 Å². The topological polar surface area (TPSA) is 134 Å². The minimum Gasteiger partial charge on any atom is -0.507 e. The number of hydroxylamine groups is 2. The average Bonchev–Trinajstić information content (AvgIpc) is 3.17. The van der Waals surface area contributed by atoms with Gasteiger partial charge in [-0.3, -0.25) is 29.3 Å². The second kappa shape index (κ2) is 8.34. The van der Waals surface area contributed by atoms with Crippen LogP contribution in [-0.2, 0) is 19.2 Å². The Balaban J connectivity index is 1.81. The third-order valence-electron chi connectivity index (χ3n) is 7.83. The molecule has 2 aliphatic carbocycles. The summed E-state index contributed by atoms with van der Waals surface area (Å²) in [6, 6.07) is 2.80. The number of nitrogens with zero attached hydrogens (tertiary/aromatic N) is 2. The first kappa shape index (κ1) is 25.3. The highest BCUT2D eigenvalue weighted by atomic mass is 79.9. The molecule has 13 heteroatoms. The van der Waals surface area contributed by atoms with Crippen molar-refractivity contribution in [1.29, 1.82) is 0 Å². The van der Waals surface area contributed by atoms with Gasteiger partial charge < -0.3 is 14.6 Å². The average molecular weight is 604 g/mol. The fraction of sp³-hybridized carbons (Fsp3) is 0.478. The molecule has 0 radical (unpaired) electrons. The Bertz CT molecular complexity index is 1260. The lowest BCUT2D eigenvalue weighted by atomic mass is 9.56. The van der Waals surface area contributed by atoms with Crippen LogP contribution in [0.4, 0.5) is 0 Å². The van der Waals surface area contributed by atoms with Gasteiger partial charge in [0.25, 0.3) is 23.6 Å². The fourth-order valence-corrected chi connectivity index (χ4v) is 7.63. The van der Waals surface area contributed by atoms with Crippen LogP contribution in [0, 0.1) is 17.8 Å². The van der Waals surface area contributed by atoms with Gasteiger partial charge in [-0.25, -0.2) is 0 Å². The molecule has 2 aliphatic heterocycles. The minimum absolute atomic E-state index is 0.0837. The molecule has 0 spiro atoms. The molecule has 1 saturated carbocycles. The van der Waals surface area contributed by atoms with Crippen LogP contribution >= 0.6 is 39.1 Å². The number of rotatable bonds is 4. The van der Waals surface area contributed by atoms with Crippen molar-refractivity contribution in [2.45, 2.75) is 28.5 Å². The molecule has 36 heavy (non-hydrogen) atoms. The molecule has 10 nitrogen and oxygen atoms in total. The second-order valence-corrected chi connectivity index (χ2v) is 11.0. The maximum atomic E-state index is 13.7. The predicted molar refractivity (Wildman–Crippen MR) is 128 cm³/mol. The highest BCUT2D eigenvalue weighted by Crippen LogP contribution is 2.67. The number of phenolic OH excluding ortho intramolecular Hbond substituents is 1. The van der Waals surface area contributed by atoms with Gasteiger partial charge in [-0.05, 0) is 18.8 Å². The van der Waals surface area contributed by atoms with Crippen LogP contribution in [0.1, 0.15) is 24.3 Å². The Morgan fingerprint density at radius 2 is 1.78 bits per heavy atom. The van der Waals surface area contributed by atoms with Crippen LogP contribution in [0.25, 0.3) is 0 Å². The third-order valence-corrected chi connectivity index (χ3v) is 9.74. The quantitative estimate of drug-likeness (QED) is 0.176. The summed E-state index contributed by atoms with van der Waals surface area (Å²) in [5, 5.41) is 21.3. The number of phenols is 1. The molecular weight excluding hydrogens is 583 g/mol. The lowest BCUT2D eigenvalue weighted by molar-refractivity contribution is -0.173. The lowest BCUT2D eigenvalue weighted by Gasteiger charge is -2.50. The van der Waals surface area contributed by atoms with Gasteiger partial charge in [0.05, 0.1) is 31.5 Å². The minimum atomic E-state index is -2.10. The third kappa shape index (κ3) is 2.94. The van der Waals surface area contributed by atoms with E-state index in [0.717, 1.165) is 4.90 Å². The molecule has 1 aromatic rings. The lowest BCUT2D eigenvalue weighted by Crippen LogP contribution is -2.60. The Morgan fingerprint density at radius 3 is 2.39 bits per heavy atom. The largest absolute Gasteiger partial charge is 0.507 e. The molecule has 6 atom stereocenters. The Labute approximate surface area is 223 Å². The number of aromatic hydroxyl groups is 1. The van der Waals surface area contributed by atoms with Crippen molar-refractivity contribution in [3.63, 3.8) is 0 Å². The van der Waals surface area contributed by atoms with Crippen molar-refractivity contribution in [2.24, 2.45) is 17.8 Å². The van der Waals surface area contributed by atoms with Gasteiger partial charge in [0.2, 0.25) is 0 Å². The number of carbonyl (C=O) groups is 4. The predicted octanol–water partition coefficient (Wildman–Crippen LogP) is 2.51. The van der Waals surface area contributed by atoms with E-state index >= 15 is 0 Å². The van der Waals surface area contributed by atoms with E-state index in [4.69, 9.17) is 32.7 Å². The van der Waals surface area contributed by atoms with Crippen molar-refractivity contribution in [3.05, 3.63) is 29.3 Å². The normalized spacial score (nSPS) is 35.4. The number of hydrogen-bond acceptors (Lipinski definition) is 8. The van der Waals surface area contributed by atoms with Gasteiger partial charge in [-0.2, -0.15) is 5.06 Å². The zero-order valence-corrected chi connectivity index (χ0v) is 22.1. The summed E-state index contributed by atoms with van der Waals surface area (Å²) in [4.78, 5) is 49.5. The van der Waals surface area contributed by atoms with E-state index in [0.29, 0.717) is 5.57 Å². The molecule has 2 saturated heterocycles. The monoisotopic (exact) mass is 602 g/mol. The van der Waals surface area contributed by atoms with E-state index < -0.39 is 57.0 Å². The Hall–Kier alpha value is -2.34. The van der Waals surface area contributed by atoms with Crippen LogP contribution in [0.5, 0.6) is 17.2 Å². The number of alkyl halides is 3. The number of allylic oxidation sites excluding steroid dienone is 2. The van der Waals surface area contributed by atoms with Gasteiger partial charge in [-0.1, -0.05) is 27.6 Å².